The lowest BCUT2D eigenvalue weighted by Crippen LogP contribution is -2.39. The molecule has 1 heteroatoms. The molecule has 1 atom stereocenters. The summed E-state index contributed by atoms with van der Waals surface area (Å²) >= 11 is 0. The van der Waals surface area contributed by atoms with Crippen LogP contribution in [-0.2, 0) is 5.60 Å². The molecule has 0 amide bonds. The van der Waals surface area contributed by atoms with Crippen molar-refractivity contribution in [1.29, 1.82) is 0 Å². The van der Waals surface area contributed by atoms with Crippen LogP contribution in [0.1, 0.15) is 36.0 Å². The molecule has 0 saturated carbocycles. The van der Waals surface area contributed by atoms with Crippen molar-refractivity contribution in [3.05, 3.63) is 102 Å². The first kappa shape index (κ1) is 14.1. The Labute approximate surface area is 137 Å². The van der Waals surface area contributed by atoms with E-state index in [0.717, 1.165) is 12.2 Å². The number of hydrogen-bond acceptors (Lipinski definition) is 1. The lowest BCUT2D eigenvalue weighted by Gasteiger charge is -2.42. The van der Waals surface area contributed by atoms with Gasteiger partial charge >= 0.3 is 0 Å². The van der Waals surface area contributed by atoms with Gasteiger partial charge in [-0.1, -0.05) is 85.8 Å². The Morgan fingerprint density at radius 1 is 0.739 bits per heavy atom. The Bertz CT molecular complexity index is 753. The van der Waals surface area contributed by atoms with Crippen molar-refractivity contribution in [1.82, 2.24) is 0 Å². The zero-order chi connectivity index (χ0) is 15.7. The van der Waals surface area contributed by atoms with Gasteiger partial charge in [-0.25, -0.2) is 0 Å². The van der Waals surface area contributed by atoms with Crippen molar-refractivity contribution in [3.8, 4) is 5.75 Å². The van der Waals surface area contributed by atoms with Crippen LogP contribution >= 0.6 is 0 Å². The molecule has 1 aliphatic heterocycles. The third-order valence-corrected chi connectivity index (χ3v) is 4.81. The van der Waals surface area contributed by atoms with Gasteiger partial charge in [-0.2, -0.15) is 0 Å². The average molecular weight is 300 g/mol. The summed E-state index contributed by atoms with van der Waals surface area (Å²) in [6, 6.07) is 29.6. The van der Waals surface area contributed by atoms with Gasteiger partial charge in [0.2, 0.25) is 0 Å². The highest BCUT2D eigenvalue weighted by molar-refractivity contribution is 5.46. The smallest absolute Gasteiger partial charge is 0.160 e. The summed E-state index contributed by atoms with van der Waals surface area (Å²) in [4.78, 5) is 0. The molecular formula is C22H20O. The zero-order valence-electron chi connectivity index (χ0n) is 13.3. The molecule has 0 saturated heterocycles. The lowest BCUT2D eigenvalue weighted by atomic mass is 9.75. The van der Waals surface area contributed by atoms with Crippen LogP contribution in [0.15, 0.2) is 84.9 Å². The molecular weight excluding hydrogens is 280 g/mol. The number of fused-ring (bicyclic) bond motifs is 1. The Morgan fingerprint density at radius 2 is 1.26 bits per heavy atom. The van der Waals surface area contributed by atoms with E-state index in [1.165, 1.54) is 16.7 Å². The highest BCUT2D eigenvalue weighted by Gasteiger charge is 2.42. The van der Waals surface area contributed by atoms with Crippen molar-refractivity contribution >= 4 is 0 Å². The second-order valence-electron chi connectivity index (χ2n) is 6.30. The fraction of sp³-hybridized carbons (Fsp3) is 0.182. The highest BCUT2D eigenvalue weighted by Crippen LogP contribution is 2.48. The highest BCUT2D eigenvalue weighted by atomic mass is 16.5. The van der Waals surface area contributed by atoms with Gasteiger partial charge in [0.25, 0.3) is 0 Å². The van der Waals surface area contributed by atoms with Crippen LogP contribution in [0.25, 0.3) is 0 Å². The van der Waals surface area contributed by atoms with Crippen LogP contribution in [0.4, 0.5) is 0 Å². The maximum absolute atomic E-state index is 6.66. The van der Waals surface area contributed by atoms with Crippen molar-refractivity contribution in [2.45, 2.75) is 24.9 Å². The third kappa shape index (κ3) is 2.33. The second kappa shape index (κ2) is 5.58. The van der Waals surface area contributed by atoms with E-state index in [4.69, 9.17) is 4.74 Å². The number of ether oxygens (including phenoxy) is 1. The maximum atomic E-state index is 6.66. The van der Waals surface area contributed by atoms with Gasteiger partial charge in [-0.15, -0.1) is 0 Å². The molecule has 1 nitrogen and oxygen atoms in total. The van der Waals surface area contributed by atoms with E-state index in [0.29, 0.717) is 5.92 Å². The van der Waals surface area contributed by atoms with Crippen molar-refractivity contribution in [2.24, 2.45) is 0 Å². The van der Waals surface area contributed by atoms with Crippen LogP contribution in [-0.4, -0.2) is 0 Å². The first-order valence-corrected chi connectivity index (χ1v) is 8.18. The van der Waals surface area contributed by atoms with E-state index in [1.807, 2.05) is 0 Å². The normalized spacial score (nSPS) is 18.7. The van der Waals surface area contributed by atoms with E-state index in [9.17, 15) is 0 Å². The minimum atomic E-state index is -0.420. The molecule has 1 heterocycles. The van der Waals surface area contributed by atoms with E-state index in [2.05, 4.69) is 91.9 Å². The summed E-state index contributed by atoms with van der Waals surface area (Å²) in [6.07, 6.45) is 0.942. The molecule has 23 heavy (non-hydrogen) atoms. The van der Waals surface area contributed by atoms with E-state index < -0.39 is 5.60 Å². The number of hydrogen-bond donors (Lipinski definition) is 0. The summed E-state index contributed by atoms with van der Waals surface area (Å²) in [5, 5.41) is 0. The fourth-order valence-corrected chi connectivity index (χ4v) is 3.69. The van der Waals surface area contributed by atoms with Crippen molar-refractivity contribution < 1.29 is 4.74 Å². The lowest BCUT2D eigenvalue weighted by molar-refractivity contribution is 0.0747. The van der Waals surface area contributed by atoms with Crippen molar-refractivity contribution in [3.63, 3.8) is 0 Å². The van der Waals surface area contributed by atoms with E-state index >= 15 is 0 Å². The Hall–Kier alpha value is -2.54. The summed E-state index contributed by atoms with van der Waals surface area (Å²) < 4.78 is 6.66. The van der Waals surface area contributed by atoms with Gasteiger partial charge in [0.1, 0.15) is 5.75 Å². The van der Waals surface area contributed by atoms with Gasteiger partial charge in [0.05, 0.1) is 0 Å². The fourth-order valence-electron chi connectivity index (χ4n) is 3.69. The molecule has 0 bridgehead atoms. The zero-order valence-corrected chi connectivity index (χ0v) is 13.3. The Balaban J connectivity index is 1.92. The van der Waals surface area contributed by atoms with Gasteiger partial charge < -0.3 is 4.74 Å². The molecule has 0 radical (unpaired) electrons. The van der Waals surface area contributed by atoms with Gasteiger partial charge in [0, 0.05) is 6.42 Å². The number of para-hydroxylation sites is 1. The van der Waals surface area contributed by atoms with Gasteiger partial charge in [0.15, 0.2) is 5.60 Å². The molecule has 0 N–H and O–H groups in total. The van der Waals surface area contributed by atoms with E-state index in [-0.39, 0.29) is 0 Å². The predicted molar refractivity (Wildman–Crippen MR) is 93.8 cm³/mol. The number of rotatable bonds is 2. The summed E-state index contributed by atoms with van der Waals surface area (Å²) in [7, 11) is 0. The molecule has 0 aromatic heterocycles. The SMILES string of the molecule is CC1CC(c2ccccc2)(c2ccccc2)Oc2ccccc21. The molecule has 0 aliphatic carbocycles. The monoisotopic (exact) mass is 300 g/mol. The first-order valence-electron chi connectivity index (χ1n) is 8.18. The van der Waals surface area contributed by atoms with Crippen LogP contribution in [0.2, 0.25) is 0 Å². The Kier molecular flexibility index (Phi) is 3.42. The molecule has 1 unspecified atom stereocenters. The molecule has 0 spiro atoms. The van der Waals surface area contributed by atoms with Crippen molar-refractivity contribution in [2.75, 3.05) is 0 Å². The van der Waals surface area contributed by atoms with Crippen LogP contribution in [0, 0.1) is 0 Å². The predicted octanol–water partition coefficient (Wildman–Crippen LogP) is 5.52. The summed E-state index contributed by atoms with van der Waals surface area (Å²) in [5.41, 5.74) is 3.31. The maximum Gasteiger partial charge on any atom is 0.160 e. The van der Waals surface area contributed by atoms with Gasteiger partial charge in [-0.3, -0.25) is 0 Å². The summed E-state index contributed by atoms with van der Waals surface area (Å²) in [6.45, 7) is 2.29. The molecule has 0 fully saturated rings. The topological polar surface area (TPSA) is 9.23 Å². The second-order valence-corrected chi connectivity index (χ2v) is 6.30. The largest absolute Gasteiger partial charge is 0.478 e. The van der Waals surface area contributed by atoms with E-state index in [1.54, 1.807) is 0 Å². The van der Waals surface area contributed by atoms with Crippen LogP contribution in [0.3, 0.4) is 0 Å². The van der Waals surface area contributed by atoms with Crippen LogP contribution < -0.4 is 4.74 Å². The molecule has 3 aromatic carbocycles. The molecule has 3 aromatic rings. The molecule has 4 rings (SSSR count). The third-order valence-electron chi connectivity index (χ3n) is 4.81. The molecule has 1 aliphatic rings. The average Bonchev–Trinajstić information content (AvgIpc) is 2.63. The quantitative estimate of drug-likeness (QED) is 0.606. The summed E-state index contributed by atoms with van der Waals surface area (Å²) in [5.74, 6) is 1.44. The molecule has 114 valence electrons. The Morgan fingerprint density at radius 3 is 1.87 bits per heavy atom. The van der Waals surface area contributed by atoms with Gasteiger partial charge in [-0.05, 0) is 28.7 Å². The first-order chi connectivity index (χ1) is 11.3. The standard InChI is InChI=1S/C22H20O/c1-17-16-22(18-10-4-2-5-11-18,19-12-6-3-7-13-19)23-21-15-9-8-14-20(17)21/h2-15,17H,16H2,1H3. The minimum Gasteiger partial charge on any atom is -0.478 e. The minimum absolute atomic E-state index is 0.420. The van der Waals surface area contributed by atoms with Crippen LogP contribution in [0.5, 0.6) is 5.75 Å². The number of benzene rings is 3.